The zero-order valence-electron chi connectivity index (χ0n) is 18.3. The number of hydrogen-bond acceptors (Lipinski definition) is 2. The fourth-order valence-electron chi connectivity index (χ4n) is 3.67. The minimum atomic E-state index is -0.778. The van der Waals surface area contributed by atoms with E-state index < -0.39 is 11.6 Å². The van der Waals surface area contributed by atoms with Gasteiger partial charge in [-0.1, -0.05) is 74.9 Å². The Kier molecular flexibility index (Phi) is 8.48. The van der Waals surface area contributed by atoms with Crippen molar-refractivity contribution in [2.75, 3.05) is 0 Å². The van der Waals surface area contributed by atoms with E-state index in [1.165, 1.54) is 24.8 Å². The van der Waals surface area contributed by atoms with E-state index in [9.17, 15) is 8.78 Å². The summed E-state index contributed by atoms with van der Waals surface area (Å²) < 4.78 is 27.9. The molecule has 0 saturated carbocycles. The third kappa shape index (κ3) is 6.00. The normalized spacial score (nSPS) is 11.3. The Morgan fingerprint density at radius 3 is 1.94 bits per heavy atom. The van der Waals surface area contributed by atoms with E-state index in [1.807, 2.05) is 24.3 Å². The monoisotopic (exact) mass is 445 g/mol. The van der Waals surface area contributed by atoms with Crippen LogP contribution in [0.5, 0.6) is 0 Å². The van der Waals surface area contributed by atoms with Crippen LogP contribution in [0.15, 0.2) is 65.6 Å². The van der Waals surface area contributed by atoms with Gasteiger partial charge in [0.15, 0.2) is 0 Å². The fraction of sp³-hybridized carbons (Fsp3) is 0.250. The van der Waals surface area contributed by atoms with Gasteiger partial charge in [-0.3, -0.25) is 0 Å². The molecule has 1 nitrogen and oxygen atoms in total. The molecular formula is C28H25F2NS. The summed E-state index contributed by atoms with van der Waals surface area (Å²) in [6.07, 6.45) is 4.86. The lowest BCUT2D eigenvalue weighted by Gasteiger charge is -2.15. The standard InChI is InChI=1S/C28H25F2NS/c1-3-5-6-22(4-2)23-13-15-25(16-14-23)24-11-9-20(10-12-24)7-8-21-17-26(29)28(32-19-31)27(30)18-21/h9-18,22H,3-6H2,1-2H3. The van der Waals surface area contributed by atoms with Crippen LogP contribution >= 0.6 is 11.8 Å². The number of nitrogens with zero attached hydrogens (tertiary/aromatic N) is 1. The molecule has 0 amide bonds. The van der Waals surface area contributed by atoms with Crippen molar-refractivity contribution in [3.63, 3.8) is 0 Å². The van der Waals surface area contributed by atoms with E-state index in [0.717, 1.165) is 35.2 Å². The molecule has 32 heavy (non-hydrogen) atoms. The lowest BCUT2D eigenvalue weighted by atomic mass is 9.90. The average molecular weight is 446 g/mol. The summed E-state index contributed by atoms with van der Waals surface area (Å²) in [4.78, 5) is -0.302. The Morgan fingerprint density at radius 2 is 1.41 bits per heavy atom. The lowest BCUT2D eigenvalue weighted by molar-refractivity contribution is 0.540. The van der Waals surface area contributed by atoms with E-state index >= 15 is 0 Å². The molecule has 1 atom stereocenters. The first-order valence-corrected chi connectivity index (χ1v) is 11.6. The van der Waals surface area contributed by atoms with Crippen molar-refractivity contribution in [1.29, 1.82) is 5.26 Å². The van der Waals surface area contributed by atoms with Crippen LogP contribution in [0.4, 0.5) is 8.78 Å². The Bertz CT molecular complexity index is 1130. The highest BCUT2D eigenvalue weighted by Gasteiger charge is 2.11. The largest absolute Gasteiger partial charge is 0.206 e. The number of rotatable bonds is 7. The molecular weight excluding hydrogens is 420 g/mol. The third-order valence-corrected chi connectivity index (χ3v) is 6.18. The van der Waals surface area contributed by atoms with Crippen molar-refractivity contribution in [3.8, 4) is 28.4 Å². The second kappa shape index (κ2) is 11.5. The molecule has 0 N–H and O–H groups in total. The molecule has 0 spiro atoms. The second-order valence-corrected chi connectivity index (χ2v) is 8.45. The van der Waals surface area contributed by atoms with Crippen molar-refractivity contribution >= 4 is 11.8 Å². The van der Waals surface area contributed by atoms with Crippen LogP contribution in [0.3, 0.4) is 0 Å². The van der Waals surface area contributed by atoms with Crippen LogP contribution in [-0.4, -0.2) is 0 Å². The molecule has 0 aliphatic carbocycles. The molecule has 0 saturated heterocycles. The highest BCUT2D eigenvalue weighted by atomic mass is 32.2. The Balaban J connectivity index is 1.73. The number of unbranched alkanes of at least 4 members (excludes halogenated alkanes) is 1. The summed E-state index contributed by atoms with van der Waals surface area (Å²) in [6, 6.07) is 18.9. The number of nitriles is 1. The van der Waals surface area contributed by atoms with Crippen LogP contribution in [0.2, 0.25) is 0 Å². The first kappa shape index (κ1) is 23.6. The molecule has 0 aliphatic rings. The van der Waals surface area contributed by atoms with Crippen molar-refractivity contribution < 1.29 is 8.78 Å². The van der Waals surface area contributed by atoms with Gasteiger partial charge in [0.2, 0.25) is 0 Å². The molecule has 0 radical (unpaired) electrons. The van der Waals surface area contributed by atoms with Crippen LogP contribution in [0.1, 0.15) is 62.1 Å². The Labute approximate surface area is 193 Å². The van der Waals surface area contributed by atoms with Gasteiger partial charge in [0.25, 0.3) is 0 Å². The second-order valence-electron chi connectivity index (χ2n) is 7.66. The lowest BCUT2D eigenvalue weighted by Crippen LogP contribution is -1.97. The maximum Gasteiger partial charge on any atom is 0.142 e. The summed E-state index contributed by atoms with van der Waals surface area (Å²) >= 11 is 0.465. The van der Waals surface area contributed by atoms with Crippen LogP contribution in [0.25, 0.3) is 11.1 Å². The zero-order valence-corrected chi connectivity index (χ0v) is 19.1. The molecule has 0 fully saturated rings. The number of hydrogen-bond donors (Lipinski definition) is 0. The quantitative estimate of drug-likeness (QED) is 0.207. The predicted octanol–water partition coefficient (Wildman–Crippen LogP) is 8.29. The van der Waals surface area contributed by atoms with Crippen LogP contribution in [-0.2, 0) is 0 Å². The maximum atomic E-state index is 13.9. The van der Waals surface area contributed by atoms with Gasteiger partial charge in [-0.05, 0) is 71.5 Å². The maximum absolute atomic E-state index is 13.9. The first-order chi connectivity index (χ1) is 15.5. The molecule has 1 unspecified atom stereocenters. The van der Waals surface area contributed by atoms with Gasteiger partial charge in [0.05, 0.1) is 4.90 Å². The third-order valence-electron chi connectivity index (χ3n) is 5.50. The molecule has 162 valence electrons. The molecule has 3 aromatic carbocycles. The summed E-state index contributed by atoms with van der Waals surface area (Å²) in [5.41, 5.74) is 4.63. The van der Waals surface area contributed by atoms with Gasteiger partial charge in [-0.15, -0.1) is 0 Å². The van der Waals surface area contributed by atoms with Gasteiger partial charge in [-0.2, -0.15) is 5.26 Å². The SMILES string of the molecule is CCCCC(CC)c1ccc(-c2ccc(C#Cc3cc(F)c(SC#N)c(F)c3)cc2)cc1. The molecule has 3 aromatic rings. The van der Waals surface area contributed by atoms with Crippen LogP contribution < -0.4 is 0 Å². The van der Waals surface area contributed by atoms with Gasteiger partial charge < -0.3 is 0 Å². The average Bonchev–Trinajstić information content (AvgIpc) is 2.81. The van der Waals surface area contributed by atoms with E-state index in [4.69, 9.17) is 5.26 Å². The van der Waals surface area contributed by atoms with Crippen molar-refractivity contribution in [3.05, 3.63) is 89.0 Å². The number of thiocyanates is 1. The van der Waals surface area contributed by atoms with Crippen LogP contribution in [0, 0.1) is 34.1 Å². The van der Waals surface area contributed by atoms with E-state index in [0.29, 0.717) is 17.7 Å². The van der Waals surface area contributed by atoms with Gasteiger partial charge in [-0.25, -0.2) is 8.78 Å². The van der Waals surface area contributed by atoms with E-state index in [2.05, 4.69) is 50.0 Å². The summed E-state index contributed by atoms with van der Waals surface area (Å²) in [7, 11) is 0. The molecule has 0 heterocycles. The summed E-state index contributed by atoms with van der Waals surface area (Å²) in [5, 5.41) is 10.3. The number of halogens is 2. The predicted molar refractivity (Wildman–Crippen MR) is 128 cm³/mol. The summed E-state index contributed by atoms with van der Waals surface area (Å²) in [6.45, 7) is 4.47. The van der Waals surface area contributed by atoms with Crippen molar-refractivity contribution in [2.24, 2.45) is 0 Å². The Hall–Kier alpha value is -3.08. The van der Waals surface area contributed by atoms with Crippen molar-refractivity contribution in [1.82, 2.24) is 0 Å². The minimum absolute atomic E-state index is 0.232. The van der Waals surface area contributed by atoms with E-state index in [-0.39, 0.29) is 10.5 Å². The Morgan fingerprint density at radius 1 is 0.844 bits per heavy atom. The van der Waals surface area contributed by atoms with Gasteiger partial charge in [0.1, 0.15) is 17.0 Å². The molecule has 4 heteroatoms. The zero-order chi connectivity index (χ0) is 22.9. The van der Waals surface area contributed by atoms with Gasteiger partial charge in [0, 0.05) is 11.1 Å². The summed E-state index contributed by atoms with van der Waals surface area (Å²) in [5.74, 6) is 4.79. The molecule has 0 aromatic heterocycles. The molecule has 3 rings (SSSR count). The number of thioether (sulfide) groups is 1. The number of benzene rings is 3. The highest BCUT2D eigenvalue weighted by molar-refractivity contribution is 8.03. The van der Waals surface area contributed by atoms with Crippen molar-refractivity contribution in [2.45, 2.75) is 50.3 Å². The highest BCUT2D eigenvalue weighted by Crippen LogP contribution is 2.28. The first-order valence-electron chi connectivity index (χ1n) is 10.8. The van der Waals surface area contributed by atoms with E-state index in [1.54, 1.807) is 5.40 Å². The van der Waals surface area contributed by atoms with Gasteiger partial charge >= 0.3 is 0 Å². The fourth-order valence-corrected chi connectivity index (χ4v) is 4.07. The molecule has 0 bridgehead atoms. The minimum Gasteiger partial charge on any atom is -0.206 e. The smallest absolute Gasteiger partial charge is 0.142 e. The topological polar surface area (TPSA) is 23.8 Å². The molecule has 0 aliphatic heterocycles.